The van der Waals surface area contributed by atoms with Gasteiger partial charge in [0.05, 0.1) is 19.1 Å². The minimum Gasteiger partial charge on any atom is -0.468 e. The molecule has 0 bridgehead atoms. The van der Waals surface area contributed by atoms with Gasteiger partial charge in [-0.1, -0.05) is 121 Å². The van der Waals surface area contributed by atoms with E-state index in [0.717, 1.165) is 27.9 Å². The number of nitrogens with one attached hydrogen (secondary N) is 1. The molecule has 1 amide bonds. The van der Waals surface area contributed by atoms with E-state index in [-0.39, 0.29) is 18.6 Å². The first kappa shape index (κ1) is 30.8. The number of likely N-dealkylation sites (tertiary alicyclic amines) is 1. The fourth-order valence-electron chi connectivity index (χ4n) is 6.45. The van der Waals surface area contributed by atoms with Gasteiger partial charge in [0.15, 0.2) is 0 Å². The van der Waals surface area contributed by atoms with Crippen LogP contribution < -0.4 is 5.32 Å². The maximum atomic E-state index is 13.1. The zero-order valence-corrected chi connectivity index (χ0v) is 25.9. The number of hydrogen-bond acceptors (Lipinski definition) is 6. The minimum absolute atomic E-state index is 0.144. The normalized spacial score (nSPS) is 15.6. The molecule has 46 heavy (non-hydrogen) atoms. The Morgan fingerprint density at radius 3 is 1.93 bits per heavy atom. The molecule has 2 atom stereocenters. The van der Waals surface area contributed by atoms with E-state index in [9.17, 15) is 9.59 Å². The van der Waals surface area contributed by atoms with Gasteiger partial charge in [-0.2, -0.15) is 0 Å². The second-order valence-electron chi connectivity index (χ2n) is 11.5. The molecule has 0 unspecified atom stereocenters. The molecule has 2 heterocycles. The van der Waals surface area contributed by atoms with Crippen LogP contribution in [0.2, 0.25) is 0 Å². The highest BCUT2D eigenvalue weighted by Gasteiger charge is 2.39. The predicted molar refractivity (Wildman–Crippen MR) is 176 cm³/mol. The Morgan fingerprint density at radius 2 is 1.39 bits per heavy atom. The summed E-state index contributed by atoms with van der Waals surface area (Å²) < 4.78 is 12.8. The number of benzene rings is 4. The largest absolute Gasteiger partial charge is 0.468 e. The Balaban J connectivity index is 1.24. The van der Waals surface area contributed by atoms with Gasteiger partial charge in [0.1, 0.15) is 18.2 Å². The molecule has 0 saturated carbocycles. The van der Waals surface area contributed by atoms with Crippen LogP contribution in [0, 0.1) is 0 Å². The molecule has 1 aliphatic rings. The average molecular weight is 615 g/mol. The molecule has 234 valence electrons. The molecule has 1 aliphatic heterocycles. The third-order valence-corrected chi connectivity index (χ3v) is 8.67. The molecule has 0 radical (unpaired) electrons. The number of alkyl carbamates (subject to hydrolysis) is 1. The lowest BCUT2D eigenvalue weighted by atomic mass is 9.77. The molecule has 1 aromatic heterocycles. The number of carbonyl (C=O) groups excluding carboxylic acids is 2. The van der Waals surface area contributed by atoms with E-state index in [2.05, 4.69) is 87.6 Å². The number of nitrogens with zero attached hydrogens (tertiary/aromatic N) is 3. The second kappa shape index (κ2) is 14.3. The van der Waals surface area contributed by atoms with Crippen LogP contribution >= 0.6 is 0 Å². The molecule has 6 rings (SSSR count). The van der Waals surface area contributed by atoms with Crippen LogP contribution in [-0.2, 0) is 32.8 Å². The van der Waals surface area contributed by atoms with Crippen LogP contribution in [0.15, 0.2) is 134 Å². The van der Waals surface area contributed by atoms with Gasteiger partial charge < -0.3 is 19.4 Å². The van der Waals surface area contributed by atoms with Gasteiger partial charge in [0, 0.05) is 31.7 Å². The quantitative estimate of drug-likeness (QED) is 0.149. The van der Waals surface area contributed by atoms with Crippen LogP contribution in [0.5, 0.6) is 0 Å². The average Bonchev–Trinajstić information content (AvgIpc) is 3.78. The minimum atomic E-state index is -0.696. The van der Waals surface area contributed by atoms with Crippen molar-refractivity contribution in [1.82, 2.24) is 19.8 Å². The van der Waals surface area contributed by atoms with E-state index in [1.165, 1.54) is 7.11 Å². The Labute approximate surface area is 269 Å². The third-order valence-electron chi connectivity index (χ3n) is 8.67. The molecule has 0 spiro atoms. The first-order chi connectivity index (χ1) is 22.6. The highest BCUT2D eigenvalue weighted by atomic mass is 16.5. The van der Waals surface area contributed by atoms with Gasteiger partial charge in [-0.3, -0.25) is 9.69 Å². The maximum absolute atomic E-state index is 13.1. The van der Waals surface area contributed by atoms with Crippen LogP contribution in [-0.4, -0.2) is 58.8 Å². The van der Waals surface area contributed by atoms with Crippen LogP contribution in [0.3, 0.4) is 0 Å². The van der Waals surface area contributed by atoms with Crippen LogP contribution in [0.1, 0.15) is 34.4 Å². The standard InChI is InChI=1S/C38H38N4O4/c1-45-36(43)35(41-23-22-33(25-41)40-37(44)46-27-29-14-6-2-7-15-29)24-34-26-42(28-39-34)38(30-16-8-3-9-17-30,31-18-10-4-11-19-31)32-20-12-5-13-21-32/h2-21,26,28,33,35H,22-25,27H2,1H3,(H,40,44)/t33-,35-/m0/s1. The number of carbonyl (C=O) groups is 2. The summed E-state index contributed by atoms with van der Waals surface area (Å²) in [4.78, 5) is 32.6. The number of methoxy groups -OCH3 is 1. The number of hydrogen-bond donors (Lipinski definition) is 1. The van der Waals surface area contributed by atoms with Crippen LogP contribution in [0.4, 0.5) is 4.79 Å². The van der Waals surface area contributed by atoms with Gasteiger partial charge in [0.25, 0.3) is 0 Å². The Bertz CT molecular complexity index is 1610. The van der Waals surface area contributed by atoms with E-state index >= 15 is 0 Å². The van der Waals surface area contributed by atoms with Gasteiger partial charge in [-0.05, 0) is 28.7 Å². The number of aromatic nitrogens is 2. The van der Waals surface area contributed by atoms with Crippen molar-refractivity contribution in [1.29, 1.82) is 0 Å². The van der Waals surface area contributed by atoms with Crippen molar-refractivity contribution in [2.45, 2.75) is 37.1 Å². The van der Waals surface area contributed by atoms with Crippen molar-refractivity contribution in [3.05, 3.63) is 162 Å². The number of esters is 1. The fourth-order valence-corrected chi connectivity index (χ4v) is 6.45. The molecule has 8 heteroatoms. The molecule has 1 saturated heterocycles. The molecule has 1 N–H and O–H groups in total. The summed E-state index contributed by atoms with van der Waals surface area (Å²) in [5.74, 6) is -0.331. The van der Waals surface area contributed by atoms with Gasteiger partial charge in [-0.25, -0.2) is 9.78 Å². The lowest BCUT2D eigenvalue weighted by Crippen LogP contribution is -2.44. The van der Waals surface area contributed by atoms with E-state index in [1.807, 2.05) is 61.1 Å². The summed E-state index contributed by atoms with van der Waals surface area (Å²) >= 11 is 0. The highest BCUT2D eigenvalue weighted by molar-refractivity contribution is 5.76. The SMILES string of the molecule is COC(=O)[C@H](Cc1cn(C(c2ccccc2)(c2ccccc2)c2ccccc2)cn1)N1CC[C@H](NC(=O)OCc2ccccc2)C1. The molecule has 5 aromatic rings. The van der Waals surface area contributed by atoms with Crippen molar-refractivity contribution in [2.24, 2.45) is 0 Å². The highest BCUT2D eigenvalue weighted by Crippen LogP contribution is 2.40. The molecule has 8 nitrogen and oxygen atoms in total. The number of imidazole rings is 1. The van der Waals surface area contributed by atoms with Gasteiger partial charge >= 0.3 is 12.1 Å². The summed E-state index contributed by atoms with van der Waals surface area (Å²) in [6.07, 6.45) is 4.48. The van der Waals surface area contributed by atoms with Crippen LogP contribution in [0.25, 0.3) is 0 Å². The first-order valence-electron chi connectivity index (χ1n) is 15.6. The smallest absolute Gasteiger partial charge is 0.407 e. The molecule has 1 fully saturated rings. The van der Waals surface area contributed by atoms with Gasteiger partial charge in [0.2, 0.25) is 0 Å². The predicted octanol–water partition coefficient (Wildman–Crippen LogP) is 5.81. The summed E-state index contributed by atoms with van der Waals surface area (Å²) in [5.41, 5.74) is 4.27. The Hall–Kier alpha value is -5.21. The summed E-state index contributed by atoms with van der Waals surface area (Å²) in [6, 6.07) is 40.1. The van der Waals surface area contributed by atoms with Gasteiger partial charge in [-0.15, -0.1) is 0 Å². The maximum Gasteiger partial charge on any atom is 0.407 e. The van der Waals surface area contributed by atoms with E-state index in [4.69, 9.17) is 14.5 Å². The summed E-state index contributed by atoms with van der Waals surface area (Å²) in [6.45, 7) is 1.34. The van der Waals surface area contributed by atoms with E-state index < -0.39 is 17.7 Å². The number of amides is 1. The van der Waals surface area contributed by atoms with Crippen molar-refractivity contribution < 1.29 is 19.1 Å². The van der Waals surface area contributed by atoms with E-state index in [0.29, 0.717) is 25.9 Å². The fraction of sp³-hybridized carbons (Fsp3) is 0.237. The van der Waals surface area contributed by atoms with Crippen molar-refractivity contribution in [3.63, 3.8) is 0 Å². The van der Waals surface area contributed by atoms with Crippen molar-refractivity contribution >= 4 is 12.1 Å². The summed E-state index contributed by atoms with van der Waals surface area (Å²) in [7, 11) is 1.41. The summed E-state index contributed by atoms with van der Waals surface area (Å²) in [5, 5.41) is 2.96. The molecule has 0 aliphatic carbocycles. The Morgan fingerprint density at radius 1 is 0.848 bits per heavy atom. The second-order valence-corrected chi connectivity index (χ2v) is 11.5. The number of ether oxygens (including phenoxy) is 2. The topological polar surface area (TPSA) is 85.7 Å². The van der Waals surface area contributed by atoms with E-state index in [1.54, 1.807) is 0 Å². The monoisotopic (exact) mass is 614 g/mol. The number of rotatable bonds is 11. The lowest BCUT2D eigenvalue weighted by Gasteiger charge is -2.37. The Kier molecular flexibility index (Phi) is 9.55. The first-order valence-corrected chi connectivity index (χ1v) is 15.6. The molecular weight excluding hydrogens is 576 g/mol. The van der Waals surface area contributed by atoms with Crippen molar-refractivity contribution in [2.75, 3.05) is 20.2 Å². The zero-order chi connectivity index (χ0) is 31.8. The lowest BCUT2D eigenvalue weighted by molar-refractivity contribution is -0.146. The molecular formula is C38H38N4O4. The zero-order valence-electron chi connectivity index (χ0n) is 25.9. The third kappa shape index (κ3) is 6.57. The molecule has 4 aromatic carbocycles. The van der Waals surface area contributed by atoms with Crippen molar-refractivity contribution in [3.8, 4) is 0 Å².